The van der Waals surface area contributed by atoms with E-state index in [0.717, 1.165) is 0 Å². The highest BCUT2D eigenvalue weighted by Crippen LogP contribution is 2.17. The number of thiocarbonyl (C=S) groups is 1. The van der Waals surface area contributed by atoms with E-state index < -0.39 is 10.0 Å². The molecule has 0 aliphatic rings. The summed E-state index contributed by atoms with van der Waals surface area (Å²) >= 11 is 4.87. The molecule has 2 rings (SSSR count). The molecule has 0 radical (unpaired) electrons. The monoisotopic (exact) mass is 325 g/mol. The summed E-state index contributed by atoms with van der Waals surface area (Å²) in [6, 6.07) is 4.81. The molecule has 21 heavy (non-hydrogen) atoms. The van der Waals surface area contributed by atoms with Crippen molar-refractivity contribution in [3.8, 4) is 0 Å². The first kappa shape index (κ1) is 15.6. The average molecular weight is 325 g/mol. The third-order valence-electron chi connectivity index (χ3n) is 2.84. The van der Waals surface area contributed by atoms with Crippen molar-refractivity contribution in [2.24, 2.45) is 5.73 Å². The number of hydrogen-bond acceptors (Lipinski definition) is 5. The van der Waals surface area contributed by atoms with E-state index in [4.69, 9.17) is 22.4 Å². The van der Waals surface area contributed by atoms with Crippen molar-refractivity contribution in [3.63, 3.8) is 0 Å². The van der Waals surface area contributed by atoms with Crippen LogP contribution in [0.1, 0.15) is 22.8 Å². The second kappa shape index (κ2) is 5.92. The lowest BCUT2D eigenvalue weighted by Gasteiger charge is -2.10. The van der Waals surface area contributed by atoms with Crippen LogP contribution in [0.4, 0.5) is 0 Å². The number of nitrogens with two attached hydrogens (primary N) is 1. The number of nitrogens with one attached hydrogen (secondary N) is 1. The van der Waals surface area contributed by atoms with E-state index in [1.165, 1.54) is 12.3 Å². The van der Waals surface area contributed by atoms with Crippen LogP contribution in [0.5, 0.6) is 0 Å². The molecule has 2 aromatic rings. The molecule has 0 fully saturated rings. The second-order valence-corrected chi connectivity index (χ2v) is 6.71. The van der Waals surface area contributed by atoms with Crippen LogP contribution in [0.25, 0.3) is 0 Å². The molecule has 1 aromatic carbocycles. The van der Waals surface area contributed by atoms with E-state index in [2.05, 4.69) is 9.71 Å². The Labute approximate surface area is 128 Å². The second-order valence-electron chi connectivity index (χ2n) is 4.53. The summed E-state index contributed by atoms with van der Waals surface area (Å²) in [5.74, 6) is 0.926. The first-order chi connectivity index (χ1) is 9.79. The van der Waals surface area contributed by atoms with E-state index in [-0.39, 0.29) is 16.4 Å². The van der Waals surface area contributed by atoms with Crippen molar-refractivity contribution in [1.29, 1.82) is 0 Å². The van der Waals surface area contributed by atoms with Crippen LogP contribution in [-0.4, -0.2) is 18.4 Å². The number of hydrogen-bond donors (Lipinski definition) is 2. The number of benzene rings is 1. The van der Waals surface area contributed by atoms with E-state index in [1.807, 2.05) is 0 Å². The third kappa shape index (κ3) is 3.66. The number of aryl methyl sites for hydroxylation is 2. The number of sulfonamides is 1. The first-order valence-corrected chi connectivity index (χ1v) is 8.00. The van der Waals surface area contributed by atoms with Crippen LogP contribution in [-0.2, 0) is 16.6 Å². The molecule has 0 spiro atoms. The summed E-state index contributed by atoms with van der Waals surface area (Å²) in [4.78, 5) is 4.23. The molecule has 0 atom stereocenters. The van der Waals surface area contributed by atoms with Crippen molar-refractivity contribution in [2.45, 2.75) is 25.3 Å². The Morgan fingerprint density at radius 1 is 1.43 bits per heavy atom. The van der Waals surface area contributed by atoms with E-state index in [9.17, 15) is 8.42 Å². The molecule has 1 aromatic heterocycles. The summed E-state index contributed by atoms with van der Waals surface area (Å²) in [6.45, 7) is 3.42. The zero-order chi connectivity index (χ0) is 15.6. The van der Waals surface area contributed by atoms with Crippen LogP contribution in [0.2, 0.25) is 0 Å². The van der Waals surface area contributed by atoms with E-state index in [0.29, 0.717) is 22.8 Å². The van der Waals surface area contributed by atoms with Crippen molar-refractivity contribution >= 4 is 27.2 Å². The van der Waals surface area contributed by atoms with E-state index >= 15 is 0 Å². The van der Waals surface area contributed by atoms with Gasteiger partial charge in [-0.05, 0) is 25.5 Å². The lowest BCUT2D eigenvalue weighted by Crippen LogP contribution is -2.24. The maximum absolute atomic E-state index is 12.3. The van der Waals surface area contributed by atoms with Gasteiger partial charge in [-0.25, -0.2) is 18.1 Å². The molecule has 0 aliphatic carbocycles. The highest BCUT2D eigenvalue weighted by molar-refractivity contribution is 7.89. The summed E-state index contributed by atoms with van der Waals surface area (Å²) in [5.41, 5.74) is 6.64. The lowest BCUT2D eigenvalue weighted by atomic mass is 10.1. The zero-order valence-electron chi connectivity index (χ0n) is 11.6. The van der Waals surface area contributed by atoms with Gasteiger partial charge in [-0.2, -0.15) is 0 Å². The molecule has 0 bridgehead atoms. The fourth-order valence-corrected chi connectivity index (χ4v) is 3.13. The van der Waals surface area contributed by atoms with Crippen molar-refractivity contribution in [2.75, 3.05) is 0 Å². The number of oxazole rings is 1. The lowest BCUT2D eigenvalue weighted by molar-refractivity contribution is 0.463. The number of rotatable bonds is 5. The van der Waals surface area contributed by atoms with Crippen molar-refractivity contribution in [3.05, 3.63) is 47.2 Å². The Hall–Kier alpha value is -1.77. The normalized spacial score (nSPS) is 11.5. The molecule has 0 aliphatic heterocycles. The molecule has 0 amide bonds. The predicted octanol–water partition coefficient (Wildman–Crippen LogP) is 1.40. The van der Waals surface area contributed by atoms with Gasteiger partial charge in [0.2, 0.25) is 15.9 Å². The van der Waals surface area contributed by atoms with Gasteiger partial charge < -0.3 is 10.2 Å². The van der Waals surface area contributed by atoms with Gasteiger partial charge in [0, 0.05) is 5.56 Å². The zero-order valence-corrected chi connectivity index (χ0v) is 13.2. The Morgan fingerprint density at radius 3 is 2.71 bits per heavy atom. The van der Waals surface area contributed by atoms with Gasteiger partial charge in [0.15, 0.2) is 0 Å². The molecule has 0 saturated carbocycles. The van der Waals surface area contributed by atoms with Crippen LogP contribution in [0.15, 0.2) is 33.7 Å². The predicted molar refractivity (Wildman–Crippen MR) is 82.3 cm³/mol. The summed E-state index contributed by atoms with van der Waals surface area (Å²) in [6.07, 6.45) is 1.53. The minimum atomic E-state index is -3.70. The Bertz CT molecular complexity index is 782. The van der Waals surface area contributed by atoms with Gasteiger partial charge in [0.05, 0.1) is 17.6 Å². The van der Waals surface area contributed by atoms with Crippen LogP contribution < -0.4 is 10.5 Å². The topological polar surface area (TPSA) is 98.2 Å². The maximum atomic E-state index is 12.3. The Kier molecular flexibility index (Phi) is 4.40. The SMILES string of the molecule is Cc1cnc(CNS(=O)(=O)c2cc(C(N)=S)ccc2C)o1. The van der Waals surface area contributed by atoms with Gasteiger partial charge >= 0.3 is 0 Å². The minimum absolute atomic E-state index is 0.0209. The van der Waals surface area contributed by atoms with Gasteiger partial charge in [-0.1, -0.05) is 24.4 Å². The highest BCUT2D eigenvalue weighted by atomic mass is 32.2. The van der Waals surface area contributed by atoms with Crippen LogP contribution in [0, 0.1) is 13.8 Å². The maximum Gasteiger partial charge on any atom is 0.241 e. The molecule has 112 valence electrons. The fourth-order valence-electron chi connectivity index (χ4n) is 1.76. The quantitative estimate of drug-likeness (QED) is 0.807. The molecule has 0 unspecified atom stereocenters. The van der Waals surface area contributed by atoms with Gasteiger partial charge in [0.1, 0.15) is 10.7 Å². The van der Waals surface area contributed by atoms with Crippen molar-refractivity contribution < 1.29 is 12.8 Å². The van der Waals surface area contributed by atoms with Gasteiger partial charge in [-0.15, -0.1) is 0 Å². The molecule has 6 nitrogen and oxygen atoms in total. The molecule has 1 heterocycles. The minimum Gasteiger partial charge on any atom is -0.445 e. The summed E-state index contributed by atoms with van der Waals surface area (Å²) in [5, 5.41) is 0. The number of nitrogens with zero attached hydrogens (tertiary/aromatic N) is 1. The largest absolute Gasteiger partial charge is 0.445 e. The molecule has 0 saturated heterocycles. The van der Waals surface area contributed by atoms with Crippen LogP contribution >= 0.6 is 12.2 Å². The van der Waals surface area contributed by atoms with E-state index in [1.54, 1.807) is 26.0 Å². The van der Waals surface area contributed by atoms with Gasteiger partial charge in [0.25, 0.3) is 0 Å². The smallest absolute Gasteiger partial charge is 0.241 e. The number of aromatic nitrogens is 1. The molecular weight excluding hydrogens is 310 g/mol. The fraction of sp³-hybridized carbons (Fsp3) is 0.231. The van der Waals surface area contributed by atoms with Crippen LogP contribution in [0.3, 0.4) is 0 Å². The highest BCUT2D eigenvalue weighted by Gasteiger charge is 2.18. The standard InChI is InChI=1S/C13H15N3O3S2/c1-8-3-4-10(13(14)20)5-11(8)21(17,18)16-7-12-15-6-9(2)19-12/h3-6,16H,7H2,1-2H3,(H2,14,20). The Balaban J connectivity index is 2.26. The summed E-state index contributed by atoms with van der Waals surface area (Å²) in [7, 11) is -3.70. The first-order valence-electron chi connectivity index (χ1n) is 6.11. The molecule has 8 heteroatoms. The van der Waals surface area contributed by atoms with Gasteiger partial charge in [-0.3, -0.25) is 0 Å². The average Bonchev–Trinajstić information content (AvgIpc) is 2.82. The summed E-state index contributed by atoms with van der Waals surface area (Å²) < 4.78 is 32.4. The third-order valence-corrected chi connectivity index (χ3v) is 4.62. The molecule has 3 N–H and O–H groups in total. The Morgan fingerprint density at radius 2 is 2.14 bits per heavy atom. The molecular formula is C13H15N3O3S2. The van der Waals surface area contributed by atoms with Crippen molar-refractivity contribution in [1.82, 2.24) is 9.71 Å².